The van der Waals surface area contributed by atoms with Crippen LogP contribution in [-0.4, -0.2) is 60.6 Å². The molecular formula is C8H12N2NaO4. The summed E-state index contributed by atoms with van der Waals surface area (Å²) >= 11 is 0. The molecule has 1 rings (SSSR count). The monoisotopic (exact) mass is 223 g/mol. The largest absolute Gasteiger partial charge is 0.382 e. The Labute approximate surface area is 109 Å². The maximum absolute atomic E-state index is 11.2. The van der Waals surface area contributed by atoms with Crippen LogP contribution in [0.1, 0.15) is 13.3 Å². The number of imide groups is 2. The Kier molecular flexibility index (Phi) is 6.75. The predicted molar refractivity (Wildman–Crippen MR) is 52.0 cm³/mol. The molecular weight excluding hydrogens is 211 g/mol. The predicted octanol–water partition coefficient (Wildman–Crippen LogP) is -0.986. The van der Waals surface area contributed by atoms with E-state index >= 15 is 0 Å². The first kappa shape index (κ1) is 14.6. The molecule has 0 aromatic rings. The van der Waals surface area contributed by atoms with Crippen molar-refractivity contribution >= 4 is 47.4 Å². The molecule has 1 aliphatic rings. The van der Waals surface area contributed by atoms with Crippen LogP contribution >= 0.6 is 0 Å². The molecule has 4 amide bonds. The molecule has 0 atom stereocenters. The van der Waals surface area contributed by atoms with Gasteiger partial charge in [-0.1, -0.05) is 0 Å². The first-order valence-electron chi connectivity index (χ1n) is 4.38. The van der Waals surface area contributed by atoms with Gasteiger partial charge in [0.15, 0.2) is 0 Å². The summed E-state index contributed by atoms with van der Waals surface area (Å²) < 4.78 is 5.01. The van der Waals surface area contributed by atoms with Gasteiger partial charge in [-0.25, -0.2) is 4.79 Å². The van der Waals surface area contributed by atoms with Crippen LogP contribution in [0.5, 0.6) is 0 Å². The minimum Gasteiger partial charge on any atom is -0.382 e. The Morgan fingerprint density at radius 3 is 2.20 bits per heavy atom. The maximum Gasteiger partial charge on any atom is 0.328 e. The van der Waals surface area contributed by atoms with Gasteiger partial charge in [0, 0.05) is 42.8 Å². The molecule has 79 valence electrons. The minimum atomic E-state index is -0.820. The number of hydrogen-bond acceptors (Lipinski definition) is 4. The molecule has 1 fully saturated rings. The van der Waals surface area contributed by atoms with Gasteiger partial charge in [-0.3, -0.25) is 20.2 Å². The normalized spacial score (nSPS) is 16.7. The van der Waals surface area contributed by atoms with Gasteiger partial charge < -0.3 is 4.74 Å². The molecule has 1 aliphatic heterocycles. The Morgan fingerprint density at radius 1 is 1.20 bits per heavy atom. The molecule has 0 bridgehead atoms. The third kappa shape index (κ3) is 4.29. The zero-order chi connectivity index (χ0) is 10.6. The number of rotatable bonds is 4. The van der Waals surface area contributed by atoms with E-state index in [9.17, 15) is 14.4 Å². The average Bonchev–Trinajstić information content (AvgIpc) is 2.09. The fraction of sp³-hybridized carbons (Fsp3) is 0.625. The second kappa shape index (κ2) is 6.95. The third-order valence-electron chi connectivity index (χ3n) is 1.86. The second-order valence-corrected chi connectivity index (χ2v) is 2.85. The number of hydrogen-bond donors (Lipinski definition) is 2. The Hall–Kier alpha value is -0.430. The van der Waals surface area contributed by atoms with Gasteiger partial charge in [0.05, 0.1) is 0 Å². The zero-order valence-corrected chi connectivity index (χ0v) is 10.8. The van der Waals surface area contributed by atoms with Gasteiger partial charge in [-0.05, 0) is 13.3 Å². The molecule has 7 heteroatoms. The number of carbonyl (C=O) groups is 3. The van der Waals surface area contributed by atoms with Crippen molar-refractivity contribution in [3.63, 3.8) is 0 Å². The first-order chi connectivity index (χ1) is 6.65. The van der Waals surface area contributed by atoms with Crippen LogP contribution in [0.25, 0.3) is 0 Å². The molecule has 0 aromatic carbocycles. The van der Waals surface area contributed by atoms with Crippen molar-refractivity contribution in [2.24, 2.45) is 5.92 Å². The van der Waals surface area contributed by atoms with Crippen LogP contribution in [0.3, 0.4) is 0 Å². The Morgan fingerprint density at radius 2 is 1.73 bits per heavy atom. The van der Waals surface area contributed by atoms with Crippen LogP contribution in [-0.2, 0) is 14.3 Å². The van der Waals surface area contributed by atoms with Crippen molar-refractivity contribution in [1.29, 1.82) is 0 Å². The van der Waals surface area contributed by atoms with Gasteiger partial charge in [-0.15, -0.1) is 0 Å². The topological polar surface area (TPSA) is 84.5 Å². The van der Waals surface area contributed by atoms with E-state index in [0.29, 0.717) is 19.6 Å². The standard InChI is InChI=1S/C8H12N2O4.Na/c1-2-14-4-3-5-6(11)9-8(13)10-7(5)12;/h5H,2-4H2,1H3,(H2,9,10,11,12,13);. The van der Waals surface area contributed by atoms with E-state index in [1.54, 1.807) is 0 Å². The van der Waals surface area contributed by atoms with Crippen LogP contribution < -0.4 is 10.6 Å². The van der Waals surface area contributed by atoms with E-state index in [1.165, 1.54) is 0 Å². The van der Waals surface area contributed by atoms with E-state index in [2.05, 4.69) is 0 Å². The molecule has 2 N–H and O–H groups in total. The summed E-state index contributed by atoms with van der Waals surface area (Å²) in [6.07, 6.45) is 0.290. The maximum atomic E-state index is 11.2. The first-order valence-corrected chi connectivity index (χ1v) is 4.38. The van der Waals surface area contributed by atoms with Crippen molar-refractivity contribution in [2.45, 2.75) is 13.3 Å². The Balaban J connectivity index is 0.00000196. The summed E-state index contributed by atoms with van der Waals surface area (Å²) in [5, 5.41) is 4.04. The second-order valence-electron chi connectivity index (χ2n) is 2.85. The SMILES string of the molecule is CCOCCC1C(=O)NC(=O)NC1=O.[Na]. The molecule has 0 spiro atoms. The summed E-state index contributed by atoms with van der Waals surface area (Å²) in [5.41, 5.74) is 0. The van der Waals surface area contributed by atoms with Gasteiger partial charge in [0.25, 0.3) is 0 Å². The van der Waals surface area contributed by atoms with Crippen molar-refractivity contribution < 1.29 is 19.1 Å². The molecule has 0 saturated carbocycles. The summed E-state index contributed by atoms with van der Waals surface area (Å²) in [6, 6.07) is -0.757. The van der Waals surface area contributed by atoms with E-state index < -0.39 is 23.8 Å². The number of ether oxygens (including phenoxy) is 1. The van der Waals surface area contributed by atoms with Gasteiger partial charge in [-0.2, -0.15) is 0 Å². The fourth-order valence-electron chi connectivity index (χ4n) is 1.16. The van der Waals surface area contributed by atoms with Crippen molar-refractivity contribution in [2.75, 3.05) is 13.2 Å². The van der Waals surface area contributed by atoms with Crippen molar-refractivity contribution in [3.8, 4) is 0 Å². The van der Waals surface area contributed by atoms with E-state index in [4.69, 9.17) is 4.74 Å². The molecule has 1 radical (unpaired) electrons. The summed E-state index contributed by atoms with van der Waals surface area (Å²) in [7, 11) is 0. The number of barbiturate groups is 1. The minimum absolute atomic E-state index is 0. The van der Waals surface area contributed by atoms with Crippen molar-refractivity contribution in [3.05, 3.63) is 0 Å². The number of carbonyl (C=O) groups excluding carboxylic acids is 3. The fourth-order valence-corrected chi connectivity index (χ4v) is 1.16. The summed E-state index contributed by atoms with van der Waals surface area (Å²) in [4.78, 5) is 33.0. The van der Waals surface area contributed by atoms with Gasteiger partial charge in [0.2, 0.25) is 11.8 Å². The smallest absolute Gasteiger partial charge is 0.328 e. The van der Waals surface area contributed by atoms with Crippen LogP contribution in [0, 0.1) is 5.92 Å². The van der Waals surface area contributed by atoms with E-state index in [-0.39, 0.29) is 29.6 Å². The number of nitrogens with one attached hydrogen (secondary N) is 2. The summed E-state index contributed by atoms with van der Waals surface area (Å²) in [5.74, 6) is -1.93. The molecule has 15 heavy (non-hydrogen) atoms. The zero-order valence-electron chi connectivity index (χ0n) is 8.83. The van der Waals surface area contributed by atoms with E-state index in [0.717, 1.165) is 0 Å². The molecule has 0 aromatic heterocycles. The summed E-state index contributed by atoms with van der Waals surface area (Å²) in [6.45, 7) is 2.69. The molecule has 6 nitrogen and oxygen atoms in total. The Bertz CT molecular complexity index is 249. The number of urea groups is 1. The molecule has 1 heterocycles. The van der Waals surface area contributed by atoms with E-state index in [1.807, 2.05) is 17.6 Å². The van der Waals surface area contributed by atoms with Crippen LogP contribution in [0.15, 0.2) is 0 Å². The molecule has 0 aliphatic carbocycles. The van der Waals surface area contributed by atoms with Gasteiger partial charge >= 0.3 is 6.03 Å². The number of amides is 4. The van der Waals surface area contributed by atoms with Crippen LogP contribution in [0.4, 0.5) is 4.79 Å². The quantitative estimate of drug-likeness (QED) is 0.364. The van der Waals surface area contributed by atoms with Crippen molar-refractivity contribution in [1.82, 2.24) is 10.6 Å². The molecule has 1 saturated heterocycles. The third-order valence-corrected chi connectivity index (χ3v) is 1.86. The van der Waals surface area contributed by atoms with Gasteiger partial charge in [0.1, 0.15) is 5.92 Å². The average molecular weight is 223 g/mol. The molecule has 0 unspecified atom stereocenters. The van der Waals surface area contributed by atoms with Crippen LogP contribution in [0.2, 0.25) is 0 Å².